The van der Waals surface area contributed by atoms with Crippen molar-refractivity contribution in [2.45, 2.75) is 44.7 Å². The Hall–Kier alpha value is -1.51. The van der Waals surface area contributed by atoms with Gasteiger partial charge in [-0.25, -0.2) is 0 Å². The molecule has 1 heterocycles. The number of rotatable bonds is 5. The Balaban J connectivity index is 1.96. The summed E-state index contributed by atoms with van der Waals surface area (Å²) in [6.07, 6.45) is 0.544. The summed E-state index contributed by atoms with van der Waals surface area (Å²) in [6, 6.07) is -0.410. The van der Waals surface area contributed by atoms with Crippen LogP contribution in [0.2, 0.25) is 0 Å². The van der Waals surface area contributed by atoms with Gasteiger partial charge in [0.15, 0.2) is 0 Å². The average molecular weight is 297 g/mol. The van der Waals surface area contributed by atoms with Crippen LogP contribution in [0.4, 0.5) is 0 Å². The molecule has 0 unspecified atom stereocenters. The Labute approximate surface area is 123 Å². The normalized spacial score (nSPS) is 29.0. The zero-order valence-corrected chi connectivity index (χ0v) is 12.6. The van der Waals surface area contributed by atoms with E-state index in [0.717, 1.165) is 5.69 Å². The van der Waals surface area contributed by atoms with Crippen LogP contribution < -0.4 is 5.32 Å². The summed E-state index contributed by atoms with van der Waals surface area (Å²) in [4.78, 5) is 13.1. The van der Waals surface area contributed by atoms with Gasteiger partial charge >= 0.3 is 0 Å². The molecule has 1 aromatic rings. The molecule has 0 aromatic carbocycles. The highest BCUT2D eigenvalue weighted by atomic mass is 16.3. The molecule has 0 spiro atoms. The molecule has 4 atom stereocenters. The van der Waals surface area contributed by atoms with Crippen molar-refractivity contribution in [3.8, 4) is 0 Å². The molecule has 21 heavy (non-hydrogen) atoms. The second-order valence-corrected chi connectivity index (χ2v) is 5.95. The van der Waals surface area contributed by atoms with Crippen LogP contribution in [0, 0.1) is 5.92 Å². The third kappa shape index (κ3) is 3.99. The first-order valence-electron chi connectivity index (χ1n) is 7.03. The largest absolute Gasteiger partial charge is 0.390 e. The Morgan fingerprint density at radius 3 is 2.81 bits per heavy atom. The fraction of sp³-hybridized carbons (Fsp3) is 0.769. The summed E-state index contributed by atoms with van der Waals surface area (Å²) in [6.45, 7) is 2.57. The highest BCUT2D eigenvalue weighted by Crippen LogP contribution is 2.28. The molecule has 1 aromatic heterocycles. The fourth-order valence-electron chi connectivity index (χ4n) is 2.77. The molecular formula is C13H23N5O3. The summed E-state index contributed by atoms with van der Waals surface area (Å²) >= 11 is 0. The summed E-state index contributed by atoms with van der Waals surface area (Å²) in [7, 11) is 3.91. The van der Waals surface area contributed by atoms with Gasteiger partial charge in [-0.05, 0) is 20.5 Å². The van der Waals surface area contributed by atoms with E-state index in [4.69, 9.17) is 0 Å². The lowest BCUT2D eigenvalue weighted by molar-refractivity contribution is -0.120. The minimum Gasteiger partial charge on any atom is -0.390 e. The van der Waals surface area contributed by atoms with Gasteiger partial charge in [-0.2, -0.15) is 0 Å². The first-order chi connectivity index (χ1) is 9.86. The smallest absolute Gasteiger partial charge is 0.217 e. The first-order valence-corrected chi connectivity index (χ1v) is 7.03. The third-order valence-electron chi connectivity index (χ3n) is 3.68. The van der Waals surface area contributed by atoms with Crippen molar-refractivity contribution < 1.29 is 15.0 Å². The van der Waals surface area contributed by atoms with Crippen LogP contribution in [0.15, 0.2) is 6.20 Å². The molecule has 0 saturated heterocycles. The monoisotopic (exact) mass is 297 g/mol. The van der Waals surface area contributed by atoms with Crippen LogP contribution >= 0.6 is 0 Å². The van der Waals surface area contributed by atoms with Crippen molar-refractivity contribution >= 4 is 5.91 Å². The Bertz CT molecular complexity index is 490. The van der Waals surface area contributed by atoms with E-state index in [1.807, 2.05) is 25.2 Å². The molecule has 118 valence electrons. The molecule has 1 saturated carbocycles. The number of aromatic nitrogens is 3. The highest BCUT2D eigenvalue weighted by molar-refractivity contribution is 5.73. The molecular weight excluding hydrogens is 274 g/mol. The number of hydrogen-bond acceptors (Lipinski definition) is 6. The lowest BCUT2D eigenvalue weighted by Crippen LogP contribution is -2.42. The van der Waals surface area contributed by atoms with Gasteiger partial charge in [-0.3, -0.25) is 9.48 Å². The van der Waals surface area contributed by atoms with Gasteiger partial charge in [0.05, 0.1) is 17.8 Å². The predicted octanol–water partition coefficient (Wildman–Crippen LogP) is -1.41. The Morgan fingerprint density at radius 2 is 2.19 bits per heavy atom. The molecule has 8 nitrogen and oxygen atoms in total. The Kier molecular flexibility index (Phi) is 4.92. The maximum absolute atomic E-state index is 11.1. The molecule has 1 amide bonds. The van der Waals surface area contributed by atoms with Gasteiger partial charge in [0.1, 0.15) is 6.10 Å². The number of nitrogens with one attached hydrogen (secondary N) is 1. The number of carbonyl (C=O) groups excluding carboxylic acids is 1. The standard InChI is InChI=1S/C13H23N5O3/c1-8(19)14-11-4-9(12(20)13(11)21)5-18-7-10(15-16-18)6-17(2)3/h7,9,11-13,20-21H,4-6H2,1-3H3,(H,14,19)/t9-,11-,12-,13+/m1/s1. The molecule has 1 fully saturated rings. The van der Waals surface area contributed by atoms with Crippen LogP contribution in [0.25, 0.3) is 0 Å². The second-order valence-electron chi connectivity index (χ2n) is 5.95. The topological polar surface area (TPSA) is 104 Å². The summed E-state index contributed by atoms with van der Waals surface area (Å²) < 4.78 is 1.68. The molecule has 1 aliphatic carbocycles. The second kappa shape index (κ2) is 6.50. The minimum absolute atomic E-state index is 0.161. The van der Waals surface area contributed by atoms with Crippen LogP contribution in [-0.4, -0.2) is 68.4 Å². The fourth-order valence-corrected chi connectivity index (χ4v) is 2.77. The van der Waals surface area contributed by atoms with Crippen molar-refractivity contribution in [2.24, 2.45) is 5.92 Å². The first kappa shape index (κ1) is 15.9. The zero-order chi connectivity index (χ0) is 15.6. The van der Waals surface area contributed by atoms with Gasteiger partial charge in [0, 0.05) is 32.1 Å². The quantitative estimate of drug-likeness (QED) is 0.617. The average Bonchev–Trinajstić information content (AvgIpc) is 2.90. The van der Waals surface area contributed by atoms with Crippen LogP contribution in [0.5, 0.6) is 0 Å². The predicted molar refractivity (Wildman–Crippen MR) is 75.1 cm³/mol. The maximum atomic E-state index is 11.1. The number of aliphatic hydroxyl groups is 2. The van der Waals surface area contributed by atoms with Gasteiger partial charge in [0.25, 0.3) is 0 Å². The lowest BCUT2D eigenvalue weighted by atomic mass is 10.1. The van der Waals surface area contributed by atoms with Gasteiger partial charge in [-0.1, -0.05) is 5.21 Å². The Morgan fingerprint density at radius 1 is 1.48 bits per heavy atom. The van der Waals surface area contributed by atoms with Crippen LogP contribution in [-0.2, 0) is 17.9 Å². The van der Waals surface area contributed by atoms with E-state index < -0.39 is 18.2 Å². The van der Waals surface area contributed by atoms with E-state index >= 15 is 0 Å². The number of carbonyl (C=O) groups is 1. The van der Waals surface area contributed by atoms with E-state index in [1.54, 1.807) is 4.68 Å². The van der Waals surface area contributed by atoms with Crippen molar-refractivity contribution in [1.29, 1.82) is 0 Å². The van der Waals surface area contributed by atoms with Crippen LogP contribution in [0.1, 0.15) is 19.0 Å². The molecule has 1 aliphatic rings. The van der Waals surface area contributed by atoms with Gasteiger partial charge in [-0.15, -0.1) is 5.10 Å². The summed E-state index contributed by atoms with van der Waals surface area (Å²) in [5.41, 5.74) is 0.853. The van der Waals surface area contributed by atoms with E-state index in [9.17, 15) is 15.0 Å². The van der Waals surface area contributed by atoms with Crippen molar-refractivity contribution in [3.63, 3.8) is 0 Å². The van der Waals surface area contributed by atoms with E-state index in [1.165, 1.54) is 6.92 Å². The van der Waals surface area contributed by atoms with E-state index in [2.05, 4.69) is 15.6 Å². The summed E-state index contributed by atoms with van der Waals surface area (Å²) in [5.74, 6) is -0.369. The summed E-state index contributed by atoms with van der Waals surface area (Å²) in [5, 5.41) is 30.8. The minimum atomic E-state index is -0.941. The number of amides is 1. The van der Waals surface area contributed by atoms with Crippen molar-refractivity contribution in [1.82, 2.24) is 25.2 Å². The number of aliphatic hydroxyl groups excluding tert-OH is 2. The molecule has 0 bridgehead atoms. The van der Waals surface area contributed by atoms with Crippen molar-refractivity contribution in [2.75, 3.05) is 14.1 Å². The molecule has 0 radical (unpaired) electrons. The highest BCUT2D eigenvalue weighted by Gasteiger charge is 2.41. The van der Waals surface area contributed by atoms with Gasteiger partial charge < -0.3 is 20.4 Å². The molecule has 2 rings (SSSR count). The lowest BCUT2D eigenvalue weighted by Gasteiger charge is -2.17. The molecule has 0 aliphatic heterocycles. The van der Waals surface area contributed by atoms with E-state index in [-0.39, 0.29) is 11.8 Å². The van der Waals surface area contributed by atoms with Crippen molar-refractivity contribution in [3.05, 3.63) is 11.9 Å². The van der Waals surface area contributed by atoms with Gasteiger partial charge in [0.2, 0.25) is 5.91 Å². The third-order valence-corrected chi connectivity index (χ3v) is 3.68. The van der Waals surface area contributed by atoms with Crippen LogP contribution in [0.3, 0.4) is 0 Å². The maximum Gasteiger partial charge on any atom is 0.217 e. The zero-order valence-electron chi connectivity index (χ0n) is 12.6. The molecule has 8 heteroatoms. The number of nitrogens with zero attached hydrogens (tertiary/aromatic N) is 4. The van der Waals surface area contributed by atoms with E-state index in [0.29, 0.717) is 19.5 Å². The SMILES string of the molecule is CC(=O)N[C@@H]1C[C@H](Cn2cc(CN(C)C)nn2)[C@@H](O)[C@H]1O. The molecule has 3 N–H and O–H groups in total. The number of hydrogen-bond donors (Lipinski definition) is 3.